The van der Waals surface area contributed by atoms with Gasteiger partial charge in [-0.1, -0.05) is 18.2 Å². The van der Waals surface area contributed by atoms with Gasteiger partial charge >= 0.3 is 0 Å². The van der Waals surface area contributed by atoms with Crippen molar-refractivity contribution < 1.29 is 9.13 Å². The highest BCUT2D eigenvalue weighted by atomic mass is 19.1. The molecule has 30 heavy (non-hydrogen) atoms. The lowest BCUT2D eigenvalue weighted by molar-refractivity contribution is 0.412. The lowest BCUT2D eigenvalue weighted by Gasteiger charge is -2.35. The minimum Gasteiger partial charge on any atom is -0.496 e. The largest absolute Gasteiger partial charge is 0.496 e. The number of nitrogens with two attached hydrogens (primary N) is 1. The number of rotatable bonds is 4. The summed E-state index contributed by atoms with van der Waals surface area (Å²) in [5, 5.41) is 0. The van der Waals surface area contributed by atoms with Crippen LogP contribution in [0.4, 0.5) is 10.1 Å². The van der Waals surface area contributed by atoms with E-state index in [0.717, 1.165) is 70.7 Å². The first kappa shape index (κ1) is 20.4. The second kappa shape index (κ2) is 8.44. The third-order valence-corrected chi connectivity index (χ3v) is 5.85. The fourth-order valence-electron chi connectivity index (χ4n) is 4.22. The summed E-state index contributed by atoms with van der Waals surface area (Å²) in [6.45, 7) is 5.67. The van der Waals surface area contributed by atoms with Crippen LogP contribution in [-0.2, 0) is 0 Å². The Labute approximate surface area is 177 Å². The molecular weight excluding hydrogens is 377 g/mol. The summed E-state index contributed by atoms with van der Waals surface area (Å²) >= 11 is 0. The Morgan fingerprint density at radius 2 is 1.70 bits per heavy atom. The van der Waals surface area contributed by atoms with Gasteiger partial charge in [0.25, 0.3) is 0 Å². The molecule has 2 heterocycles. The number of ether oxygens (including phenoxy) is 1. The molecule has 0 spiro atoms. The van der Waals surface area contributed by atoms with E-state index in [2.05, 4.69) is 22.0 Å². The maximum Gasteiger partial charge on any atom is 0.124 e. The number of aryl methyl sites for hydroxylation is 2. The maximum atomic E-state index is 14.2. The average Bonchev–Trinajstić information content (AvgIpc) is 2.73. The predicted molar refractivity (Wildman–Crippen MR) is 121 cm³/mol. The molecule has 0 atom stereocenters. The Morgan fingerprint density at radius 3 is 2.37 bits per heavy atom. The monoisotopic (exact) mass is 405 g/mol. The van der Waals surface area contributed by atoms with Crippen LogP contribution in [0.3, 0.4) is 0 Å². The van der Waals surface area contributed by atoms with Gasteiger partial charge in [-0.15, -0.1) is 0 Å². The lowest BCUT2D eigenvalue weighted by Crippen LogP contribution is -2.40. The number of pyridine rings is 1. The normalized spacial score (nSPS) is 14.8. The smallest absolute Gasteiger partial charge is 0.124 e. The minimum atomic E-state index is -0.237. The molecule has 4 rings (SSSR count). The molecule has 0 unspecified atom stereocenters. The number of aromatic nitrogens is 1. The van der Waals surface area contributed by atoms with Crippen LogP contribution >= 0.6 is 0 Å². The van der Waals surface area contributed by atoms with Crippen LogP contribution in [0.25, 0.3) is 22.3 Å². The van der Waals surface area contributed by atoms with Crippen LogP contribution in [0.15, 0.2) is 48.8 Å². The van der Waals surface area contributed by atoms with E-state index in [0.29, 0.717) is 0 Å². The van der Waals surface area contributed by atoms with E-state index in [1.165, 1.54) is 0 Å². The van der Waals surface area contributed by atoms with Crippen LogP contribution in [-0.4, -0.2) is 31.2 Å². The van der Waals surface area contributed by atoms with Gasteiger partial charge in [-0.2, -0.15) is 0 Å². The van der Waals surface area contributed by atoms with Gasteiger partial charge in [-0.05, 0) is 67.1 Å². The van der Waals surface area contributed by atoms with Gasteiger partial charge < -0.3 is 15.4 Å². The highest BCUT2D eigenvalue weighted by molar-refractivity contribution is 5.90. The molecular formula is C25H28FN3O. The standard InChI is InChI=1S/C25H28FN3O/c1-16-10-19(12-20(26)11-16)23-15-28-14-22(18-5-4-17(2)24(13-18)30-3)25(23)29-8-6-21(27)7-9-29/h4-5,10-15,21H,6-9,27H2,1-3H3. The van der Waals surface area contributed by atoms with Crippen LogP contribution in [0.2, 0.25) is 0 Å². The van der Waals surface area contributed by atoms with E-state index in [9.17, 15) is 4.39 Å². The number of benzene rings is 2. The molecule has 1 saturated heterocycles. The molecule has 1 fully saturated rings. The third-order valence-electron chi connectivity index (χ3n) is 5.85. The highest BCUT2D eigenvalue weighted by Crippen LogP contribution is 2.41. The Hall–Kier alpha value is -2.92. The van der Waals surface area contributed by atoms with E-state index >= 15 is 0 Å². The molecule has 4 nitrogen and oxygen atoms in total. The number of piperidine rings is 1. The summed E-state index contributed by atoms with van der Waals surface area (Å²) < 4.78 is 19.8. The fourth-order valence-corrected chi connectivity index (χ4v) is 4.22. The van der Waals surface area contributed by atoms with Crippen LogP contribution in [0, 0.1) is 19.7 Å². The van der Waals surface area contributed by atoms with Crippen molar-refractivity contribution in [2.75, 3.05) is 25.1 Å². The quantitative estimate of drug-likeness (QED) is 0.656. The number of nitrogens with zero attached hydrogens (tertiary/aromatic N) is 2. The van der Waals surface area contributed by atoms with Gasteiger partial charge in [0, 0.05) is 42.7 Å². The molecule has 3 aromatic rings. The van der Waals surface area contributed by atoms with Crippen molar-refractivity contribution in [2.24, 2.45) is 5.73 Å². The highest BCUT2D eigenvalue weighted by Gasteiger charge is 2.23. The predicted octanol–water partition coefficient (Wildman–Crippen LogP) is 5.11. The van der Waals surface area contributed by atoms with Gasteiger partial charge in [0.05, 0.1) is 12.8 Å². The molecule has 0 radical (unpaired) electrons. The second-order valence-electron chi connectivity index (χ2n) is 8.11. The summed E-state index contributed by atoms with van der Waals surface area (Å²) in [5.41, 5.74) is 13.0. The van der Waals surface area contributed by atoms with Crippen molar-refractivity contribution in [3.05, 3.63) is 65.7 Å². The van der Waals surface area contributed by atoms with Gasteiger partial charge in [0.1, 0.15) is 11.6 Å². The van der Waals surface area contributed by atoms with Crippen molar-refractivity contribution in [1.29, 1.82) is 0 Å². The molecule has 0 amide bonds. The van der Waals surface area contributed by atoms with Crippen LogP contribution in [0.5, 0.6) is 5.75 Å². The molecule has 0 aliphatic carbocycles. The van der Waals surface area contributed by atoms with Gasteiger partial charge in [-0.25, -0.2) is 4.39 Å². The van der Waals surface area contributed by atoms with Gasteiger partial charge in [0.15, 0.2) is 0 Å². The number of hydrogen-bond acceptors (Lipinski definition) is 4. The van der Waals surface area contributed by atoms with E-state index in [1.807, 2.05) is 38.4 Å². The van der Waals surface area contributed by atoms with E-state index in [1.54, 1.807) is 19.2 Å². The zero-order valence-electron chi connectivity index (χ0n) is 17.8. The first-order valence-corrected chi connectivity index (χ1v) is 10.4. The van der Waals surface area contributed by atoms with E-state index < -0.39 is 0 Å². The molecule has 1 aliphatic rings. The first-order valence-electron chi connectivity index (χ1n) is 10.4. The second-order valence-corrected chi connectivity index (χ2v) is 8.11. The number of methoxy groups -OCH3 is 1. The Balaban J connectivity index is 1.92. The Morgan fingerprint density at radius 1 is 1.00 bits per heavy atom. The van der Waals surface area contributed by atoms with Gasteiger partial charge in [-0.3, -0.25) is 4.98 Å². The molecule has 5 heteroatoms. The molecule has 156 valence electrons. The number of hydrogen-bond donors (Lipinski definition) is 1. The van der Waals surface area contributed by atoms with Crippen molar-refractivity contribution >= 4 is 5.69 Å². The maximum absolute atomic E-state index is 14.2. The summed E-state index contributed by atoms with van der Waals surface area (Å²) in [4.78, 5) is 6.89. The lowest BCUT2D eigenvalue weighted by atomic mass is 9.94. The Kier molecular flexibility index (Phi) is 5.73. The zero-order chi connectivity index (χ0) is 21.3. The number of halogens is 1. The molecule has 2 N–H and O–H groups in total. The van der Waals surface area contributed by atoms with Crippen molar-refractivity contribution in [1.82, 2.24) is 4.98 Å². The zero-order valence-corrected chi connectivity index (χ0v) is 17.8. The van der Waals surface area contributed by atoms with Gasteiger partial charge in [0.2, 0.25) is 0 Å². The average molecular weight is 406 g/mol. The fraction of sp³-hybridized carbons (Fsp3) is 0.320. The van der Waals surface area contributed by atoms with Crippen molar-refractivity contribution in [2.45, 2.75) is 32.7 Å². The van der Waals surface area contributed by atoms with Crippen LogP contribution in [0.1, 0.15) is 24.0 Å². The minimum absolute atomic E-state index is 0.228. The van der Waals surface area contributed by atoms with Crippen LogP contribution < -0.4 is 15.4 Å². The summed E-state index contributed by atoms with van der Waals surface area (Å²) in [5.74, 6) is 0.602. The van der Waals surface area contributed by atoms with Crippen molar-refractivity contribution in [3.8, 4) is 28.0 Å². The van der Waals surface area contributed by atoms with E-state index in [4.69, 9.17) is 10.5 Å². The van der Waals surface area contributed by atoms with E-state index in [-0.39, 0.29) is 11.9 Å². The molecule has 2 aromatic carbocycles. The Bertz CT molecular complexity index is 1040. The first-order chi connectivity index (χ1) is 14.5. The number of anilines is 1. The molecule has 1 aliphatic heterocycles. The molecule has 0 saturated carbocycles. The summed E-state index contributed by atoms with van der Waals surface area (Å²) in [6, 6.07) is 11.6. The van der Waals surface area contributed by atoms with Crippen molar-refractivity contribution in [3.63, 3.8) is 0 Å². The SMILES string of the molecule is COc1cc(-c2cncc(-c3cc(C)cc(F)c3)c2N2CCC(N)CC2)ccc1C. The molecule has 0 bridgehead atoms. The summed E-state index contributed by atoms with van der Waals surface area (Å²) in [7, 11) is 1.68. The molecule has 1 aromatic heterocycles. The topological polar surface area (TPSA) is 51.4 Å². The third kappa shape index (κ3) is 4.03. The summed E-state index contributed by atoms with van der Waals surface area (Å²) in [6.07, 6.45) is 5.60.